The van der Waals surface area contributed by atoms with Gasteiger partial charge in [0.2, 0.25) is 0 Å². The van der Waals surface area contributed by atoms with Crippen molar-refractivity contribution in [2.24, 2.45) is 0 Å². The molecule has 2 aromatic carbocycles. The van der Waals surface area contributed by atoms with Crippen LogP contribution in [0, 0.1) is 24.0 Å². The lowest BCUT2D eigenvalue weighted by Gasteiger charge is -2.16. The second-order valence-electron chi connectivity index (χ2n) is 5.32. The van der Waals surface area contributed by atoms with Crippen LogP contribution in [0.25, 0.3) is 0 Å². The van der Waals surface area contributed by atoms with Gasteiger partial charge in [0.1, 0.15) is 5.75 Å². The van der Waals surface area contributed by atoms with Gasteiger partial charge in [-0.3, -0.25) is 14.9 Å². The Morgan fingerprint density at radius 2 is 1.83 bits per heavy atom. The van der Waals surface area contributed by atoms with Crippen molar-refractivity contribution < 1.29 is 14.5 Å². The maximum Gasteiger partial charge on any atom is 0.269 e. The van der Waals surface area contributed by atoms with Crippen LogP contribution in [0.4, 0.5) is 11.4 Å². The first-order valence-corrected chi connectivity index (χ1v) is 7.16. The quantitative estimate of drug-likeness (QED) is 0.675. The van der Waals surface area contributed by atoms with Gasteiger partial charge in [-0.1, -0.05) is 17.7 Å². The molecular weight excluding hydrogens is 296 g/mol. The van der Waals surface area contributed by atoms with Crippen LogP contribution in [0.3, 0.4) is 0 Å². The van der Waals surface area contributed by atoms with Crippen LogP contribution in [0.1, 0.15) is 18.1 Å². The third-order valence-electron chi connectivity index (χ3n) is 3.35. The molecule has 0 fully saturated rings. The first-order valence-electron chi connectivity index (χ1n) is 7.16. The molecule has 6 heteroatoms. The average Bonchev–Trinajstić information content (AvgIpc) is 2.50. The summed E-state index contributed by atoms with van der Waals surface area (Å²) in [6, 6.07) is 11.4. The molecule has 0 spiro atoms. The standard InChI is InChI=1S/C17H18N2O4/c1-11-4-9-16(12(2)10-11)23-13(3)17(20)18-14-5-7-15(8-6-14)19(21)22/h4-10,13H,1-3H3,(H,18,20). The number of rotatable bonds is 5. The SMILES string of the molecule is Cc1ccc(OC(C)C(=O)Nc2ccc([N+](=O)[O-])cc2)c(C)c1. The van der Waals surface area contributed by atoms with Gasteiger partial charge < -0.3 is 10.1 Å². The molecule has 0 saturated heterocycles. The summed E-state index contributed by atoms with van der Waals surface area (Å²) in [5.74, 6) is 0.334. The van der Waals surface area contributed by atoms with Crippen molar-refractivity contribution in [3.63, 3.8) is 0 Å². The summed E-state index contributed by atoms with van der Waals surface area (Å²) < 4.78 is 5.68. The molecule has 23 heavy (non-hydrogen) atoms. The Kier molecular flexibility index (Phi) is 4.95. The third-order valence-corrected chi connectivity index (χ3v) is 3.35. The summed E-state index contributed by atoms with van der Waals surface area (Å²) >= 11 is 0. The van der Waals surface area contributed by atoms with E-state index in [1.165, 1.54) is 24.3 Å². The van der Waals surface area contributed by atoms with Crippen LogP contribution < -0.4 is 10.1 Å². The van der Waals surface area contributed by atoms with Crippen LogP contribution in [-0.2, 0) is 4.79 Å². The first-order chi connectivity index (χ1) is 10.9. The highest BCUT2D eigenvalue weighted by atomic mass is 16.6. The van der Waals surface area contributed by atoms with Gasteiger partial charge >= 0.3 is 0 Å². The Morgan fingerprint density at radius 3 is 2.39 bits per heavy atom. The Labute approximate surface area is 134 Å². The molecule has 0 aliphatic rings. The smallest absolute Gasteiger partial charge is 0.269 e. The zero-order valence-electron chi connectivity index (χ0n) is 13.2. The second-order valence-corrected chi connectivity index (χ2v) is 5.32. The normalized spacial score (nSPS) is 11.6. The van der Waals surface area contributed by atoms with Crippen molar-refractivity contribution in [1.82, 2.24) is 0 Å². The lowest BCUT2D eigenvalue weighted by Crippen LogP contribution is -2.30. The lowest BCUT2D eigenvalue weighted by atomic mass is 10.1. The number of hydrogen-bond donors (Lipinski definition) is 1. The van der Waals surface area contributed by atoms with E-state index in [1.807, 2.05) is 32.0 Å². The molecule has 0 bridgehead atoms. The molecule has 0 aliphatic heterocycles. The molecule has 0 heterocycles. The van der Waals surface area contributed by atoms with Crippen molar-refractivity contribution in [2.45, 2.75) is 26.9 Å². The summed E-state index contributed by atoms with van der Waals surface area (Å²) in [5.41, 5.74) is 2.54. The van der Waals surface area contributed by atoms with Crippen LogP contribution in [0.5, 0.6) is 5.75 Å². The highest BCUT2D eigenvalue weighted by Gasteiger charge is 2.16. The molecule has 6 nitrogen and oxygen atoms in total. The van der Waals surface area contributed by atoms with Gasteiger partial charge in [-0.2, -0.15) is 0 Å². The van der Waals surface area contributed by atoms with Gasteiger partial charge in [-0.25, -0.2) is 0 Å². The Morgan fingerprint density at radius 1 is 1.17 bits per heavy atom. The molecule has 2 aromatic rings. The largest absolute Gasteiger partial charge is 0.481 e. The highest BCUT2D eigenvalue weighted by Crippen LogP contribution is 2.21. The summed E-state index contributed by atoms with van der Waals surface area (Å²) in [6.45, 7) is 5.56. The van der Waals surface area contributed by atoms with E-state index in [-0.39, 0.29) is 11.6 Å². The predicted molar refractivity (Wildman–Crippen MR) is 87.7 cm³/mol. The van der Waals surface area contributed by atoms with E-state index in [2.05, 4.69) is 5.32 Å². The van der Waals surface area contributed by atoms with Crippen LogP contribution >= 0.6 is 0 Å². The molecule has 2 rings (SSSR count). The maximum absolute atomic E-state index is 12.1. The molecule has 1 atom stereocenters. The van der Waals surface area contributed by atoms with Gasteiger partial charge in [0, 0.05) is 17.8 Å². The minimum Gasteiger partial charge on any atom is -0.481 e. The minimum absolute atomic E-state index is 0.0254. The number of nitro groups is 1. The van der Waals surface area contributed by atoms with Crippen LogP contribution in [0.15, 0.2) is 42.5 Å². The fourth-order valence-electron chi connectivity index (χ4n) is 2.09. The summed E-state index contributed by atoms with van der Waals surface area (Å²) in [7, 11) is 0. The number of nitrogens with one attached hydrogen (secondary N) is 1. The average molecular weight is 314 g/mol. The summed E-state index contributed by atoms with van der Waals surface area (Å²) in [6.07, 6.45) is -0.688. The minimum atomic E-state index is -0.688. The van der Waals surface area contributed by atoms with E-state index in [4.69, 9.17) is 4.74 Å². The van der Waals surface area contributed by atoms with E-state index in [0.717, 1.165) is 11.1 Å². The number of nitro benzene ring substituents is 1. The second kappa shape index (κ2) is 6.91. The summed E-state index contributed by atoms with van der Waals surface area (Å²) in [4.78, 5) is 22.3. The molecule has 1 N–H and O–H groups in total. The first kappa shape index (κ1) is 16.5. The number of ether oxygens (including phenoxy) is 1. The summed E-state index contributed by atoms with van der Waals surface area (Å²) in [5, 5.41) is 13.3. The van der Waals surface area contributed by atoms with Gasteiger partial charge in [-0.15, -0.1) is 0 Å². The zero-order chi connectivity index (χ0) is 17.0. The third kappa shape index (κ3) is 4.29. The van der Waals surface area contributed by atoms with Gasteiger partial charge in [0.25, 0.3) is 11.6 Å². The van der Waals surface area contributed by atoms with Crippen LogP contribution in [-0.4, -0.2) is 16.9 Å². The Balaban J connectivity index is 2.00. The Bertz CT molecular complexity index is 726. The number of nitrogens with zero attached hydrogens (tertiary/aromatic N) is 1. The molecule has 0 radical (unpaired) electrons. The number of non-ortho nitro benzene ring substituents is 1. The molecule has 0 saturated carbocycles. The zero-order valence-corrected chi connectivity index (χ0v) is 13.2. The fraction of sp³-hybridized carbons (Fsp3) is 0.235. The van der Waals surface area contributed by atoms with Crippen molar-refractivity contribution in [1.29, 1.82) is 0 Å². The van der Waals surface area contributed by atoms with Crippen molar-refractivity contribution in [3.05, 3.63) is 63.7 Å². The number of amides is 1. The molecule has 0 aromatic heterocycles. The number of hydrogen-bond acceptors (Lipinski definition) is 4. The number of anilines is 1. The van der Waals surface area contributed by atoms with Crippen LogP contribution in [0.2, 0.25) is 0 Å². The van der Waals surface area contributed by atoms with Crippen molar-refractivity contribution in [2.75, 3.05) is 5.32 Å². The Hall–Kier alpha value is -2.89. The van der Waals surface area contributed by atoms with Gasteiger partial charge in [-0.05, 0) is 44.5 Å². The van der Waals surface area contributed by atoms with Gasteiger partial charge in [0.15, 0.2) is 6.10 Å². The van der Waals surface area contributed by atoms with Crippen molar-refractivity contribution in [3.8, 4) is 5.75 Å². The highest BCUT2D eigenvalue weighted by molar-refractivity contribution is 5.94. The monoisotopic (exact) mass is 314 g/mol. The van der Waals surface area contributed by atoms with E-state index in [0.29, 0.717) is 11.4 Å². The van der Waals surface area contributed by atoms with E-state index >= 15 is 0 Å². The number of carbonyl (C=O) groups excluding carboxylic acids is 1. The van der Waals surface area contributed by atoms with E-state index in [9.17, 15) is 14.9 Å². The molecule has 120 valence electrons. The topological polar surface area (TPSA) is 81.5 Å². The molecular formula is C17H18N2O4. The number of benzene rings is 2. The van der Waals surface area contributed by atoms with Crippen molar-refractivity contribution >= 4 is 17.3 Å². The van der Waals surface area contributed by atoms with Gasteiger partial charge in [0.05, 0.1) is 4.92 Å². The number of carbonyl (C=O) groups is 1. The van der Waals surface area contributed by atoms with E-state index < -0.39 is 11.0 Å². The molecule has 1 unspecified atom stereocenters. The lowest BCUT2D eigenvalue weighted by molar-refractivity contribution is -0.384. The fourth-order valence-corrected chi connectivity index (χ4v) is 2.09. The van der Waals surface area contributed by atoms with E-state index in [1.54, 1.807) is 6.92 Å². The predicted octanol–water partition coefficient (Wildman–Crippen LogP) is 3.62. The number of aryl methyl sites for hydroxylation is 2. The molecule has 1 amide bonds. The maximum atomic E-state index is 12.1. The molecule has 0 aliphatic carbocycles.